The maximum Gasteiger partial charge on any atom is 0.235 e. The molecule has 6 heteroatoms. The molecule has 31 heavy (non-hydrogen) atoms. The van der Waals surface area contributed by atoms with Gasteiger partial charge in [-0.25, -0.2) is 4.39 Å². The summed E-state index contributed by atoms with van der Waals surface area (Å²) in [5.41, 5.74) is 0.194. The number of likely N-dealkylation sites (tertiary alicyclic amines) is 1. The van der Waals surface area contributed by atoms with E-state index < -0.39 is 5.41 Å². The third-order valence-corrected chi connectivity index (χ3v) is 6.37. The fraction of sp³-hybridized carbons (Fsp3) is 0.480. The van der Waals surface area contributed by atoms with Gasteiger partial charge in [0.2, 0.25) is 5.91 Å². The van der Waals surface area contributed by atoms with Crippen LogP contribution >= 0.6 is 0 Å². The predicted octanol–water partition coefficient (Wildman–Crippen LogP) is 4.38. The second-order valence-electron chi connectivity index (χ2n) is 8.40. The Balaban J connectivity index is 1.36. The predicted molar refractivity (Wildman–Crippen MR) is 119 cm³/mol. The zero-order valence-electron chi connectivity index (χ0n) is 17.9. The van der Waals surface area contributed by atoms with Crippen LogP contribution in [0, 0.1) is 5.82 Å². The number of nitrogens with one attached hydrogen (secondary N) is 1. The van der Waals surface area contributed by atoms with Crippen LogP contribution in [0.1, 0.15) is 37.7 Å². The number of ether oxygens (including phenoxy) is 2. The van der Waals surface area contributed by atoms with E-state index in [2.05, 4.69) is 10.2 Å². The molecule has 2 aliphatic heterocycles. The average Bonchev–Trinajstić information content (AvgIpc) is 3.32. The van der Waals surface area contributed by atoms with Gasteiger partial charge in [-0.15, -0.1) is 0 Å². The van der Waals surface area contributed by atoms with Crippen molar-refractivity contribution in [2.75, 3.05) is 44.8 Å². The highest BCUT2D eigenvalue weighted by atomic mass is 19.1. The fourth-order valence-corrected chi connectivity index (χ4v) is 4.56. The standard InChI is InChI=1S/C25H31FN2O3/c26-23-7-2-1-6-22(23)25(12-18-30-19-13-25)24(29)27-20-8-10-21(11-9-20)31-17-5-16-28-14-3-4-15-28/h1-2,6-11H,3-5,12-19H2,(H,27,29). The van der Waals surface area contributed by atoms with Crippen molar-refractivity contribution in [2.45, 2.75) is 37.5 Å². The van der Waals surface area contributed by atoms with E-state index in [1.54, 1.807) is 18.2 Å². The molecule has 0 saturated carbocycles. The van der Waals surface area contributed by atoms with E-state index in [0.717, 1.165) is 18.7 Å². The molecule has 1 amide bonds. The van der Waals surface area contributed by atoms with E-state index in [4.69, 9.17) is 9.47 Å². The van der Waals surface area contributed by atoms with Crippen LogP contribution in [0.3, 0.4) is 0 Å². The first-order valence-corrected chi connectivity index (χ1v) is 11.3. The van der Waals surface area contributed by atoms with Gasteiger partial charge in [0.05, 0.1) is 12.0 Å². The molecule has 0 unspecified atom stereocenters. The Kier molecular flexibility index (Phi) is 7.20. The Bertz CT molecular complexity index is 859. The van der Waals surface area contributed by atoms with Crippen LogP contribution in [0.5, 0.6) is 5.75 Å². The molecule has 0 atom stereocenters. The van der Waals surface area contributed by atoms with Gasteiger partial charge >= 0.3 is 0 Å². The zero-order chi connectivity index (χ0) is 21.5. The molecule has 2 aromatic carbocycles. The summed E-state index contributed by atoms with van der Waals surface area (Å²) in [6.07, 6.45) is 4.53. The first-order valence-electron chi connectivity index (χ1n) is 11.3. The average molecular weight is 427 g/mol. The summed E-state index contributed by atoms with van der Waals surface area (Å²) in [5, 5.41) is 2.99. The molecule has 0 spiro atoms. The minimum Gasteiger partial charge on any atom is -0.494 e. The first kappa shape index (κ1) is 21.8. The Morgan fingerprint density at radius 3 is 2.48 bits per heavy atom. The lowest BCUT2D eigenvalue weighted by molar-refractivity contribution is -0.125. The van der Waals surface area contributed by atoms with Crippen LogP contribution in [0.25, 0.3) is 0 Å². The third kappa shape index (κ3) is 5.25. The van der Waals surface area contributed by atoms with Gasteiger partial charge in [0.15, 0.2) is 0 Å². The maximum atomic E-state index is 14.6. The minimum absolute atomic E-state index is 0.194. The van der Waals surface area contributed by atoms with Gasteiger partial charge in [-0.1, -0.05) is 18.2 Å². The molecule has 2 aromatic rings. The van der Waals surface area contributed by atoms with E-state index in [-0.39, 0.29) is 11.7 Å². The van der Waals surface area contributed by atoms with Gasteiger partial charge in [0.25, 0.3) is 0 Å². The lowest BCUT2D eigenvalue weighted by atomic mass is 9.73. The van der Waals surface area contributed by atoms with Crippen LogP contribution in [0.15, 0.2) is 48.5 Å². The largest absolute Gasteiger partial charge is 0.494 e. The lowest BCUT2D eigenvalue weighted by Gasteiger charge is -2.36. The highest BCUT2D eigenvalue weighted by molar-refractivity contribution is 5.99. The number of hydrogen-bond donors (Lipinski definition) is 1. The van der Waals surface area contributed by atoms with Crippen LogP contribution in [-0.2, 0) is 14.9 Å². The van der Waals surface area contributed by atoms with Gasteiger partial charge in [-0.05, 0) is 75.5 Å². The van der Waals surface area contributed by atoms with Crippen molar-refractivity contribution in [3.63, 3.8) is 0 Å². The molecule has 0 bridgehead atoms. The topological polar surface area (TPSA) is 50.8 Å². The zero-order valence-corrected chi connectivity index (χ0v) is 17.9. The molecular weight excluding hydrogens is 395 g/mol. The molecule has 2 saturated heterocycles. The second-order valence-corrected chi connectivity index (χ2v) is 8.40. The number of carbonyl (C=O) groups is 1. The van der Waals surface area contributed by atoms with Crippen LogP contribution in [0.2, 0.25) is 0 Å². The highest BCUT2D eigenvalue weighted by Gasteiger charge is 2.43. The molecule has 0 aromatic heterocycles. The van der Waals surface area contributed by atoms with E-state index in [0.29, 0.717) is 43.9 Å². The van der Waals surface area contributed by atoms with E-state index in [1.807, 2.05) is 24.3 Å². The first-order chi connectivity index (χ1) is 15.2. The number of rotatable bonds is 8. The van der Waals surface area contributed by atoms with Crippen LogP contribution in [-0.4, -0.2) is 50.3 Å². The Morgan fingerprint density at radius 1 is 1.06 bits per heavy atom. The number of carbonyl (C=O) groups excluding carboxylic acids is 1. The summed E-state index contributed by atoms with van der Waals surface area (Å²) in [4.78, 5) is 15.8. The summed E-state index contributed by atoms with van der Waals surface area (Å²) < 4.78 is 25.9. The van der Waals surface area contributed by atoms with Crippen molar-refractivity contribution in [1.82, 2.24) is 4.90 Å². The summed E-state index contributed by atoms with van der Waals surface area (Å²) in [6, 6.07) is 13.9. The molecular formula is C25H31FN2O3. The monoisotopic (exact) mass is 426 g/mol. The van der Waals surface area contributed by atoms with Crippen molar-refractivity contribution in [1.29, 1.82) is 0 Å². The molecule has 4 rings (SSSR count). The quantitative estimate of drug-likeness (QED) is 0.637. The Morgan fingerprint density at radius 2 is 1.77 bits per heavy atom. The second kappa shape index (κ2) is 10.2. The number of hydrogen-bond acceptors (Lipinski definition) is 4. The molecule has 5 nitrogen and oxygen atoms in total. The SMILES string of the molecule is O=C(Nc1ccc(OCCCN2CCCC2)cc1)C1(c2ccccc2F)CCOCC1. The molecule has 0 radical (unpaired) electrons. The number of halogens is 1. The molecule has 166 valence electrons. The van der Waals surface area contributed by atoms with Crippen molar-refractivity contribution in [3.8, 4) is 5.75 Å². The number of anilines is 1. The lowest BCUT2D eigenvalue weighted by Crippen LogP contribution is -2.45. The van der Waals surface area contributed by atoms with Crippen molar-refractivity contribution >= 4 is 11.6 Å². The van der Waals surface area contributed by atoms with Crippen molar-refractivity contribution in [3.05, 3.63) is 59.9 Å². The van der Waals surface area contributed by atoms with Crippen molar-refractivity contribution in [2.24, 2.45) is 0 Å². The molecule has 1 N–H and O–H groups in total. The Labute approximate surface area is 183 Å². The number of benzene rings is 2. The van der Waals surface area contributed by atoms with Gasteiger partial charge < -0.3 is 19.7 Å². The number of nitrogens with zero attached hydrogens (tertiary/aromatic N) is 1. The van der Waals surface area contributed by atoms with Crippen LogP contribution < -0.4 is 10.1 Å². The summed E-state index contributed by atoms with van der Waals surface area (Å²) >= 11 is 0. The molecule has 0 aliphatic carbocycles. The van der Waals surface area contributed by atoms with Gasteiger partial charge in [-0.3, -0.25) is 4.79 Å². The van der Waals surface area contributed by atoms with E-state index in [9.17, 15) is 9.18 Å². The van der Waals surface area contributed by atoms with Gasteiger partial charge in [-0.2, -0.15) is 0 Å². The smallest absolute Gasteiger partial charge is 0.235 e. The summed E-state index contributed by atoms with van der Waals surface area (Å²) in [5.74, 6) is 0.242. The van der Waals surface area contributed by atoms with E-state index in [1.165, 1.54) is 32.0 Å². The minimum atomic E-state index is -0.922. The molecule has 2 aliphatic rings. The van der Waals surface area contributed by atoms with Gasteiger partial charge in [0, 0.05) is 31.0 Å². The highest BCUT2D eigenvalue weighted by Crippen LogP contribution is 2.37. The molecule has 2 heterocycles. The molecule has 2 fully saturated rings. The van der Waals surface area contributed by atoms with E-state index >= 15 is 0 Å². The fourth-order valence-electron chi connectivity index (χ4n) is 4.56. The van der Waals surface area contributed by atoms with Gasteiger partial charge in [0.1, 0.15) is 11.6 Å². The Hall–Kier alpha value is -2.44. The number of amides is 1. The summed E-state index contributed by atoms with van der Waals surface area (Å²) in [7, 11) is 0. The maximum absolute atomic E-state index is 14.6. The van der Waals surface area contributed by atoms with Crippen LogP contribution in [0.4, 0.5) is 10.1 Å². The normalized spacial score (nSPS) is 18.6. The van der Waals surface area contributed by atoms with Crippen molar-refractivity contribution < 1.29 is 18.7 Å². The third-order valence-electron chi connectivity index (χ3n) is 6.37. The summed E-state index contributed by atoms with van der Waals surface area (Å²) in [6.45, 7) is 5.04.